The molecule has 1 heterocycles. The molecule has 0 unspecified atom stereocenters. The van der Waals surface area contributed by atoms with Crippen LogP contribution in [0.15, 0.2) is 22.7 Å². The molecule has 0 bridgehead atoms. The van der Waals surface area contributed by atoms with Crippen molar-refractivity contribution in [3.63, 3.8) is 0 Å². The normalized spacial score (nSPS) is 10.9. The number of carbonyl (C=O) groups is 1. The number of hydrogen-bond acceptors (Lipinski definition) is 1. The van der Waals surface area contributed by atoms with E-state index >= 15 is 0 Å². The Bertz CT molecular complexity index is 577. The predicted molar refractivity (Wildman–Crippen MR) is 62.2 cm³/mol. The second-order valence-corrected chi connectivity index (χ2v) is 4.26. The fraction of sp³-hybridized carbons (Fsp3) is 0.182. The van der Waals surface area contributed by atoms with Gasteiger partial charge >= 0.3 is 5.97 Å². The number of aromatic carboxylic acids is 1. The molecule has 3 nitrogen and oxygen atoms in total. The Kier molecular flexibility index (Phi) is 2.71. The van der Waals surface area contributed by atoms with Gasteiger partial charge in [-0.3, -0.25) is 0 Å². The molecule has 1 aromatic carbocycles. The average molecular weight is 286 g/mol. The highest BCUT2D eigenvalue weighted by Gasteiger charge is 2.15. The summed E-state index contributed by atoms with van der Waals surface area (Å²) in [5.74, 6) is -1.40. The lowest BCUT2D eigenvalue weighted by molar-refractivity contribution is 0.0686. The second kappa shape index (κ2) is 3.90. The lowest BCUT2D eigenvalue weighted by Crippen LogP contribution is -2.06. The summed E-state index contributed by atoms with van der Waals surface area (Å²) in [6, 6.07) is 4.41. The van der Waals surface area contributed by atoms with Gasteiger partial charge in [0.15, 0.2) is 0 Å². The summed E-state index contributed by atoms with van der Waals surface area (Å²) in [6.07, 6.45) is 0. The van der Waals surface area contributed by atoms with Crippen LogP contribution in [0.4, 0.5) is 4.39 Å². The van der Waals surface area contributed by atoms with Gasteiger partial charge in [-0.05, 0) is 41.1 Å². The highest BCUT2D eigenvalue weighted by molar-refractivity contribution is 9.10. The van der Waals surface area contributed by atoms with Crippen molar-refractivity contribution >= 4 is 32.8 Å². The van der Waals surface area contributed by atoms with Crippen LogP contribution in [0.25, 0.3) is 10.9 Å². The summed E-state index contributed by atoms with van der Waals surface area (Å²) in [5.41, 5.74) is 0.892. The maximum Gasteiger partial charge on any atom is 0.352 e. The van der Waals surface area contributed by atoms with Gasteiger partial charge in [0.1, 0.15) is 11.5 Å². The largest absolute Gasteiger partial charge is 0.477 e. The van der Waals surface area contributed by atoms with Crippen LogP contribution in [-0.4, -0.2) is 15.6 Å². The SMILES string of the molecule is CCn1c(C(=O)O)cc2cc(F)c(Br)cc21. The molecule has 0 radical (unpaired) electrons. The molecule has 0 saturated carbocycles. The van der Waals surface area contributed by atoms with Gasteiger partial charge in [0.25, 0.3) is 0 Å². The Morgan fingerprint density at radius 3 is 2.75 bits per heavy atom. The van der Waals surface area contributed by atoms with Gasteiger partial charge in [-0.25, -0.2) is 9.18 Å². The van der Waals surface area contributed by atoms with E-state index in [0.717, 1.165) is 0 Å². The predicted octanol–water partition coefficient (Wildman–Crippen LogP) is 3.26. The first kappa shape index (κ1) is 11.1. The van der Waals surface area contributed by atoms with Gasteiger partial charge < -0.3 is 9.67 Å². The van der Waals surface area contributed by atoms with E-state index in [2.05, 4.69) is 15.9 Å². The zero-order chi connectivity index (χ0) is 11.9. The molecule has 0 spiro atoms. The molecule has 1 N–H and O–H groups in total. The molecule has 0 saturated heterocycles. The van der Waals surface area contributed by atoms with Gasteiger partial charge in [0, 0.05) is 17.4 Å². The fourth-order valence-electron chi connectivity index (χ4n) is 1.77. The standard InChI is InChI=1S/C11H9BrFNO2/c1-2-14-9-5-7(12)8(13)3-6(9)4-10(14)11(15)16/h3-5H,2H2,1H3,(H,15,16). The minimum absolute atomic E-state index is 0.176. The van der Waals surface area contributed by atoms with Gasteiger partial charge in [0.05, 0.1) is 4.47 Å². The van der Waals surface area contributed by atoms with Gasteiger partial charge in [-0.15, -0.1) is 0 Å². The number of benzene rings is 1. The third kappa shape index (κ3) is 1.61. The molecule has 0 aliphatic rings. The molecule has 0 atom stereocenters. The van der Waals surface area contributed by atoms with E-state index in [0.29, 0.717) is 21.9 Å². The molecule has 5 heteroatoms. The number of carboxylic acids is 1. The highest BCUT2D eigenvalue weighted by Crippen LogP contribution is 2.26. The van der Waals surface area contributed by atoms with E-state index in [1.165, 1.54) is 12.1 Å². The zero-order valence-electron chi connectivity index (χ0n) is 8.50. The van der Waals surface area contributed by atoms with E-state index in [4.69, 9.17) is 5.11 Å². The Morgan fingerprint density at radius 2 is 2.19 bits per heavy atom. The first-order valence-electron chi connectivity index (χ1n) is 4.76. The monoisotopic (exact) mass is 285 g/mol. The average Bonchev–Trinajstić information content (AvgIpc) is 2.57. The van der Waals surface area contributed by atoms with E-state index in [1.54, 1.807) is 10.6 Å². The van der Waals surface area contributed by atoms with Crippen LogP contribution in [0.1, 0.15) is 17.4 Å². The maximum atomic E-state index is 13.3. The Morgan fingerprint density at radius 1 is 1.50 bits per heavy atom. The molecule has 0 aliphatic heterocycles. The van der Waals surface area contributed by atoms with Crippen molar-refractivity contribution in [3.05, 3.63) is 34.2 Å². The molecule has 2 aromatic rings. The van der Waals surface area contributed by atoms with Crippen LogP contribution in [0.3, 0.4) is 0 Å². The van der Waals surface area contributed by atoms with Crippen LogP contribution in [-0.2, 0) is 6.54 Å². The molecule has 16 heavy (non-hydrogen) atoms. The number of halogens is 2. The number of carboxylic acid groups (broad SMARTS) is 1. The molecule has 1 aromatic heterocycles. The summed E-state index contributed by atoms with van der Waals surface area (Å²) in [5, 5.41) is 9.61. The van der Waals surface area contributed by atoms with E-state index in [-0.39, 0.29) is 5.69 Å². The third-order valence-corrected chi connectivity index (χ3v) is 3.09. The topological polar surface area (TPSA) is 42.2 Å². The minimum atomic E-state index is -1.01. The van der Waals surface area contributed by atoms with E-state index in [1.807, 2.05) is 6.92 Å². The zero-order valence-corrected chi connectivity index (χ0v) is 10.1. The van der Waals surface area contributed by atoms with Crippen LogP contribution in [0.2, 0.25) is 0 Å². The van der Waals surface area contributed by atoms with Gasteiger partial charge in [0.2, 0.25) is 0 Å². The van der Waals surface area contributed by atoms with Crippen LogP contribution in [0.5, 0.6) is 0 Å². The highest BCUT2D eigenvalue weighted by atomic mass is 79.9. The molecular weight excluding hydrogens is 277 g/mol. The number of fused-ring (bicyclic) bond motifs is 1. The number of aromatic nitrogens is 1. The summed E-state index contributed by atoms with van der Waals surface area (Å²) < 4.78 is 15.3. The molecule has 0 fully saturated rings. The number of aryl methyl sites for hydroxylation is 1. The fourth-order valence-corrected chi connectivity index (χ4v) is 2.11. The number of rotatable bonds is 2. The van der Waals surface area contributed by atoms with E-state index < -0.39 is 11.8 Å². The lowest BCUT2D eigenvalue weighted by atomic mass is 10.2. The number of hydrogen-bond donors (Lipinski definition) is 1. The summed E-state index contributed by atoms with van der Waals surface area (Å²) in [7, 11) is 0. The Labute approximate surface area is 99.6 Å². The minimum Gasteiger partial charge on any atom is -0.477 e. The van der Waals surface area contributed by atoms with Crippen molar-refractivity contribution in [2.24, 2.45) is 0 Å². The molecular formula is C11H9BrFNO2. The first-order chi connectivity index (χ1) is 7.54. The summed E-state index contributed by atoms with van der Waals surface area (Å²) in [4.78, 5) is 11.0. The summed E-state index contributed by atoms with van der Waals surface area (Å²) >= 11 is 3.09. The molecule has 0 aliphatic carbocycles. The smallest absolute Gasteiger partial charge is 0.352 e. The van der Waals surface area contributed by atoms with Crippen molar-refractivity contribution in [3.8, 4) is 0 Å². The molecule has 84 valence electrons. The van der Waals surface area contributed by atoms with Crippen molar-refractivity contribution in [1.29, 1.82) is 0 Å². The maximum absolute atomic E-state index is 13.3. The van der Waals surface area contributed by atoms with Crippen LogP contribution in [0, 0.1) is 5.82 Å². The Balaban J connectivity index is 2.82. The van der Waals surface area contributed by atoms with Crippen molar-refractivity contribution in [2.45, 2.75) is 13.5 Å². The van der Waals surface area contributed by atoms with Crippen molar-refractivity contribution in [2.75, 3.05) is 0 Å². The molecule has 0 amide bonds. The van der Waals surface area contributed by atoms with Gasteiger partial charge in [-0.1, -0.05) is 0 Å². The molecule has 2 rings (SSSR count). The van der Waals surface area contributed by atoms with Crippen molar-refractivity contribution < 1.29 is 14.3 Å². The second-order valence-electron chi connectivity index (χ2n) is 3.40. The van der Waals surface area contributed by atoms with E-state index in [9.17, 15) is 9.18 Å². The lowest BCUT2D eigenvalue weighted by Gasteiger charge is -2.04. The Hall–Kier alpha value is -1.36. The van der Waals surface area contributed by atoms with Crippen LogP contribution >= 0.6 is 15.9 Å². The van der Waals surface area contributed by atoms with Crippen LogP contribution < -0.4 is 0 Å². The first-order valence-corrected chi connectivity index (χ1v) is 5.55. The third-order valence-electron chi connectivity index (χ3n) is 2.48. The van der Waals surface area contributed by atoms with Gasteiger partial charge in [-0.2, -0.15) is 0 Å². The summed E-state index contributed by atoms with van der Waals surface area (Å²) in [6.45, 7) is 2.38. The van der Waals surface area contributed by atoms with Crippen molar-refractivity contribution in [1.82, 2.24) is 4.57 Å². The number of nitrogens with zero attached hydrogens (tertiary/aromatic N) is 1. The quantitative estimate of drug-likeness (QED) is 0.920.